The van der Waals surface area contributed by atoms with Gasteiger partial charge in [0.2, 0.25) is 0 Å². The van der Waals surface area contributed by atoms with Crippen molar-refractivity contribution in [3.8, 4) is 0 Å². The fraction of sp³-hybridized carbons (Fsp3) is 0.643. The van der Waals surface area contributed by atoms with Gasteiger partial charge >= 0.3 is 0 Å². The summed E-state index contributed by atoms with van der Waals surface area (Å²) in [6, 6.07) is 4.17. The zero-order valence-electron chi connectivity index (χ0n) is 11.2. The molecule has 0 aliphatic carbocycles. The number of hydrogen-bond acceptors (Lipinski definition) is 3. The third kappa shape index (κ3) is 7.08. The van der Waals surface area contributed by atoms with Crippen LogP contribution in [0.25, 0.3) is 0 Å². The summed E-state index contributed by atoms with van der Waals surface area (Å²) in [4.78, 5) is 6.41. The van der Waals surface area contributed by atoms with Crippen LogP contribution in [0.1, 0.15) is 31.7 Å². The van der Waals surface area contributed by atoms with Crippen molar-refractivity contribution in [1.29, 1.82) is 0 Å². The average molecular weight is 235 g/mol. The van der Waals surface area contributed by atoms with Crippen LogP contribution in [0.4, 0.5) is 0 Å². The summed E-state index contributed by atoms with van der Waals surface area (Å²) in [6.07, 6.45) is 7.61. The van der Waals surface area contributed by atoms with Crippen molar-refractivity contribution in [1.82, 2.24) is 15.2 Å². The van der Waals surface area contributed by atoms with E-state index >= 15 is 0 Å². The molecule has 0 atom stereocenters. The van der Waals surface area contributed by atoms with Crippen molar-refractivity contribution >= 4 is 0 Å². The molecule has 0 unspecified atom stereocenters. The predicted molar refractivity (Wildman–Crippen MR) is 73.0 cm³/mol. The lowest BCUT2D eigenvalue weighted by Crippen LogP contribution is -2.19. The molecule has 3 heteroatoms. The van der Waals surface area contributed by atoms with E-state index in [0.29, 0.717) is 0 Å². The Bertz CT molecular complexity index is 274. The summed E-state index contributed by atoms with van der Waals surface area (Å²) in [5, 5.41) is 3.36. The number of nitrogens with one attached hydrogen (secondary N) is 1. The molecule has 1 aromatic rings. The molecule has 17 heavy (non-hydrogen) atoms. The molecule has 0 fully saturated rings. The second-order valence-corrected chi connectivity index (χ2v) is 4.51. The van der Waals surface area contributed by atoms with E-state index in [-0.39, 0.29) is 0 Å². The standard InChI is InChI=1S/C14H25N3/c1-3-15-9-5-4-6-12-17(2)13-14-7-10-16-11-8-14/h7-8,10-11,15H,3-6,9,12-13H2,1-2H3. The van der Waals surface area contributed by atoms with Crippen molar-refractivity contribution in [3.63, 3.8) is 0 Å². The molecule has 0 aliphatic heterocycles. The van der Waals surface area contributed by atoms with E-state index in [1.807, 2.05) is 12.4 Å². The van der Waals surface area contributed by atoms with Crippen LogP contribution in [0, 0.1) is 0 Å². The number of pyridine rings is 1. The molecule has 3 nitrogen and oxygen atoms in total. The Hall–Kier alpha value is -0.930. The van der Waals surface area contributed by atoms with Crippen LogP contribution in [0.15, 0.2) is 24.5 Å². The highest BCUT2D eigenvalue weighted by molar-refractivity contribution is 5.09. The molecule has 0 aromatic carbocycles. The molecule has 0 radical (unpaired) electrons. The third-order valence-electron chi connectivity index (χ3n) is 2.85. The van der Waals surface area contributed by atoms with Gasteiger partial charge in [0.1, 0.15) is 0 Å². The molecule has 96 valence electrons. The van der Waals surface area contributed by atoms with Gasteiger partial charge in [0.05, 0.1) is 0 Å². The summed E-state index contributed by atoms with van der Waals surface area (Å²) >= 11 is 0. The first-order valence-electron chi connectivity index (χ1n) is 6.61. The Kier molecular flexibility index (Phi) is 7.60. The second-order valence-electron chi connectivity index (χ2n) is 4.51. The lowest BCUT2D eigenvalue weighted by atomic mass is 10.2. The maximum Gasteiger partial charge on any atom is 0.0271 e. The lowest BCUT2D eigenvalue weighted by molar-refractivity contribution is 0.317. The monoisotopic (exact) mass is 235 g/mol. The maximum atomic E-state index is 4.03. The fourth-order valence-corrected chi connectivity index (χ4v) is 1.86. The van der Waals surface area contributed by atoms with E-state index < -0.39 is 0 Å². The zero-order valence-corrected chi connectivity index (χ0v) is 11.2. The minimum atomic E-state index is 1.02. The topological polar surface area (TPSA) is 28.2 Å². The summed E-state index contributed by atoms with van der Waals surface area (Å²) in [7, 11) is 2.19. The number of hydrogen-bond donors (Lipinski definition) is 1. The van der Waals surface area contributed by atoms with Crippen LogP contribution in [-0.2, 0) is 6.54 Å². The number of aromatic nitrogens is 1. The van der Waals surface area contributed by atoms with Gasteiger partial charge in [-0.15, -0.1) is 0 Å². The number of nitrogens with zero attached hydrogens (tertiary/aromatic N) is 2. The molecular weight excluding hydrogens is 210 g/mol. The summed E-state index contributed by atoms with van der Waals surface area (Å²) in [5.74, 6) is 0. The Balaban J connectivity index is 2.03. The Labute approximate surface area is 105 Å². The molecule has 1 aromatic heterocycles. The zero-order chi connectivity index (χ0) is 12.3. The van der Waals surface area contributed by atoms with Gasteiger partial charge in [0.25, 0.3) is 0 Å². The number of rotatable bonds is 9. The van der Waals surface area contributed by atoms with Crippen molar-refractivity contribution in [2.75, 3.05) is 26.7 Å². The van der Waals surface area contributed by atoms with E-state index in [0.717, 1.165) is 19.6 Å². The van der Waals surface area contributed by atoms with Gasteiger partial charge in [0, 0.05) is 18.9 Å². The van der Waals surface area contributed by atoms with Gasteiger partial charge in [0.15, 0.2) is 0 Å². The largest absolute Gasteiger partial charge is 0.317 e. The highest BCUT2D eigenvalue weighted by atomic mass is 15.1. The van der Waals surface area contributed by atoms with E-state index in [1.165, 1.54) is 31.4 Å². The molecule has 0 saturated heterocycles. The predicted octanol–water partition coefficient (Wildman–Crippen LogP) is 2.29. The van der Waals surface area contributed by atoms with Crippen LogP contribution < -0.4 is 5.32 Å². The Morgan fingerprint density at radius 1 is 1.18 bits per heavy atom. The van der Waals surface area contributed by atoms with Crippen molar-refractivity contribution in [2.45, 2.75) is 32.7 Å². The lowest BCUT2D eigenvalue weighted by Gasteiger charge is -2.16. The average Bonchev–Trinajstić information content (AvgIpc) is 2.35. The summed E-state index contributed by atoms with van der Waals surface area (Å²) < 4.78 is 0. The highest BCUT2D eigenvalue weighted by Crippen LogP contribution is 2.03. The van der Waals surface area contributed by atoms with Gasteiger partial charge in [-0.1, -0.05) is 13.3 Å². The van der Waals surface area contributed by atoms with E-state index in [1.54, 1.807) is 0 Å². The van der Waals surface area contributed by atoms with Crippen LogP contribution >= 0.6 is 0 Å². The highest BCUT2D eigenvalue weighted by Gasteiger charge is 1.99. The van der Waals surface area contributed by atoms with E-state index in [9.17, 15) is 0 Å². The van der Waals surface area contributed by atoms with Crippen molar-refractivity contribution in [3.05, 3.63) is 30.1 Å². The number of unbranched alkanes of at least 4 members (excludes halogenated alkanes) is 2. The molecule has 1 rings (SSSR count). The van der Waals surface area contributed by atoms with Gasteiger partial charge < -0.3 is 10.2 Å². The minimum absolute atomic E-state index is 1.02. The maximum absolute atomic E-state index is 4.03. The minimum Gasteiger partial charge on any atom is -0.317 e. The first kappa shape index (κ1) is 14.1. The SMILES string of the molecule is CCNCCCCCN(C)Cc1ccncc1. The quantitative estimate of drug-likeness (QED) is 0.666. The first-order chi connectivity index (χ1) is 8.33. The molecule has 1 heterocycles. The Morgan fingerprint density at radius 3 is 2.65 bits per heavy atom. The Morgan fingerprint density at radius 2 is 1.94 bits per heavy atom. The van der Waals surface area contributed by atoms with Crippen molar-refractivity contribution in [2.24, 2.45) is 0 Å². The molecule has 0 spiro atoms. The molecular formula is C14H25N3. The van der Waals surface area contributed by atoms with Crippen LogP contribution in [0.2, 0.25) is 0 Å². The molecule has 0 aliphatic rings. The van der Waals surface area contributed by atoms with Gasteiger partial charge in [-0.05, 0) is 57.2 Å². The second kappa shape index (κ2) is 9.14. The van der Waals surface area contributed by atoms with Gasteiger partial charge in [-0.2, -0.15) is 0 Å². The first-order valence-corrected chi connectivity index (χ1v) is 6.61. The summed E-state index contributed by atoms with van der Waals surface area (Å²) in [6.45, 7) is 6.60. The third-order valence-corrected chi connectivity index (χ3v) is 2.85. The molecule has 0 saturated carbocycles. The van der Waals surface area contributed by atoms with E-state index in [4.69, 9.17) is 0 Å². The van der Waals surface area contributed by atoms with Crippen LogP contribution in [-0.4, -0.2) is 36.6 Å². The normalized spacial score (nSPS) is 11.0. The van der Waals surface area contributed by atoms with Gasteiger partial charge in [-0.3, -0.25) is 4.98 Å². The summed E-state index contributed by atoms with van der Waals surface area (Å²) in [5.41, 5.74) is 1.34. The molecule has 1 N–H and O–H groups in total. The molecule has 0 bridgehead atoms. The van der Waals surface area contributed by atoms with Crippen LogP contribution in [0.3, 0.4) is 0 Å². The van der Waals surface area contributed by atoms with Crippen LogP contribution in [0.5, 0.6) is 0 Å². The van der Waals surface area contributed by atoms with Crippen molar-refractivity contribution < 1.29 is 0 Å². The smallest absolute Gasteiger partial charge is 0.0271 e. The van der Waals surface area contributed by atoms with E-state index in [2.05, 4.69) is 41.3 Å². The van der Waals surface area contributed by atoms with Gasteiger partial charge in [-0.25, -0.2) is 0 Å². The molecule has 0 amide bonds. The fourth-order valence-electron chi connectivity index (χ4n) is 1.86.